The number of nitrogens with zero attached hydrogens (tertiary/aromatic N) is 5. The molecule has 0 aliphatic heterocycles. The number of rotatable bonds is 5. The zero-order valence-electron chi connectivity index (χ0n) is 27.0. The van der Waals surface area contributed by atoms with E-state index in [9.17, 15) is 0 Å². The quantitative estimate of drug-likeness (QED) is 0.192. The van der Waals surface area contributed by atoms with Crippen molar-refractivity contribution in [3.05, 3.63) is 152 Å². The van der Waals surface area contributed by atoms with Crippen molar-refractivity contribution >= 4 is 43.6 Å². The van der Waals surface area contributed by atoms with Gasteiger partial charge in [0.2, 0.25) is 5.88 Å². The monoisotopic (exact) mass is 623 g/mol. The van der Waals surface area contributed by atoms with Crippen LogP contribution in [-0.2, 0) is 5.41 Å². The van der Waals surface area contributed by atoms with Gasteiger partial charge in [-0.05, 0) is 59.5 Å². The minimum absolute atomic E-state index is 0.0951. The van der Waals surface area contributed by atoms with Crippen molar-refractivity contribution in [1.82, 2.24) is 23.7 Å². The van der Waals surface area contributed by atoms with E-state index in [0.717, 1.165) is 45.0 Å². The second-order valence-corrected chi connectivity index (χ2v) is 13.3. The van der Waals surface area contributed by atoms with Crippen LogP contribution >= 0.6 is 0 Å². The first kappa shape index (κ1) is 28.1. The lowest BCUT2D eigenvalue weighted by molar-refractivity contribution is 0.459. The third kappa shape index (κ3) is 4.56. The van der Waals surface area contributed by atoms with Crippen LogP contribution in [0.1, 0.15) is 26.3 Å². The van der Waals surface area contributed by atoms with E-state index in [1.807, 2.05) is 24.5 Å². The van der Waals surface area contributed by atoms with Crippen LogP contribution in [0.3, 0.4) is 0 Å². The third-order valence-electron chi connectivity index (χ3n) is 9.21. The molecular formula is C42H33N5O. The maximum absolute atomic E-state index is 6.33. The largest absolute Gasteiger partial charge is 0.439 e. The predicted molar refractivity (Wildman–Crippen MR) is 195 cm³/mol. The normalized spacial score (nSPS) is 12.1. The van der Waals surface area contributed by atoms with Gasteiger partial charge >= 0.3 is 0 Å². The van der Waals surface area contributed by atoms with Gasteiger partial charge in [0, 0.05) is 45.6 Å². The topological polar surface area (TPSA) is 49.8 Å². The summed E-state index contributed by atoms with van der Waals surface area (Å²) >= 11 is 0. The Bertz CT molecular complexity index is 2580. The maximum atomic E-state index is 6.33. The van der Waals surface area contributed by atoms with Gasteiger partial charge in [-0.25, -0.2) is 9.97 Å². The molecule has 48 heavy (non-hydrogen) atoms. The highest BCUT2D eigenvalue weighted by Gasteiger charge is 2.20. The van der Waals surface area contributed by atoms with Crippen LogP contribution < -0.4 is 4.74 Å². The van der Waals surface area contributed by atoms with E-state index in [4.69, 9.17) is 9.72 Å². The van der Waals surface area contributed by atoms with E-state index >= 15 is 0 Å². The van der Waals surface area contributed by atoms with Crippen LogP contribution in [-0.4, -0.2) is 23.7 Å². The van der Waals surface area contributed by atoms with Crippen molar-refractivity contribution in [1.29, 1.82) is 0 Å². The summed E-state index contributed by atoms with van der Waals surface area (Å²) < 4.78 is 13.0. The lowest BCUT2D eigenvalue weighted by Crippen LogP contribution is -2.12. The number of hydrogen-bond acceptors (Lipinski definition) is 3. The molecule has 0 saturated carbocycles. The molecule has 0 amide bonds. The van der Waals surface area contributed by atoms with Crippen molar-refractivity contribution in [2.75, 3.05) is 0 Å². The molecule has 5 aromatic carbocycles. The average Bonchev–Trinajstić information content (AvgIpc) is 3.81. The smallest absolute Gasteiger partial charge is 0.219 e. The Labute approximate surface area is 278 Å². The molecule has 0 N–H and O–H groups in total. The van der Waals surface area contributed by atoms with Gasteiger partial charge in [-0.1, -0.05) is 87.5 Å². The highest BCUT2D eigenvalue weighted by Crippen LogP contribution is 2.38. The molecule has 9 rings (SSSR count). The molecule has 0 radical (unpaired) electrons. The lowest BCUT2D eigenvalue weighted by atomic mass is 9.86. The molecule has 0 spiro atoms. The number of imidazole rings is 1. The van der Waals surface area contributed by atoms with Gasteiger partial charge in [0.1, 0.15) is 12.1 Å². The first-order chi connectivity index (χ1) is 23.4. The SMILES string of the molecule is CC(C)(C)c1cc(Oc2ccccn2)cc(-n2c3ccccc3c3ccc(-n4cnc(-n5c6ccccc6c6ccccc65)c4)cc32)c1. The number of fused-ring (bicyclic) bond motifs is 6. The fourth-order valence-electron chi connectivity index (χ4n) is 6.87. The Morgan fingerprint density at radius 1 is 0.542 bits per heavy atom. The first-order valence-electron chi connectivity index (χ1n) is 16.2. The van der Waals surface area contributed by atoms with Crippen molar-refractivity contribution in [2.24, 2.45) is 0 Å². The summed E-state index contributed by atoms with van der Waals surface area (Å²) in [6, 6.07) is 44.5. The van der Waals surface area contributed by atoms with E-state index in [-0.39, 0.29) is 5.41 Å². The average molecular weight is 624 g/mol. The molecule has 0 fully saturated rings. The Morgan fingerprint density at radius 2 is 1.17 bits per heavy atom. The van der Waals surface area contributed by atoms with Crippen molar-refractivity contribution in [3.8, 4) is 28.8 Å². The van der Waals surface area contributed by atoms with E-state index < -0.39 is 0 Å². The molecule has 0 atom stereocenters. The molecule has 4 aromatic heterocycles. The van der Waals surface area contributed by atoms with Crippen LogP contribution in [0.4, 0.5) is 0 Å². The molecule has 0 unspecified atom stereocenters. The Balaban J connectivity index is 1.22. The number of pyridine rings is 1. The number of para-hydroxylation sites is 3. The zero-order chi connectivity index (χ0) is 32.4. The van der Waals surface area contributed by atoms with E-state index in [1.54, 1.807) is 6.20 Å². The summed E-state index contributed by atoms with van der Waals surface area (Å²) in [5.74, 6) is 2.20. The fraction of sp³-hybridized carbons (Fsp3) is 0.0952. The van der Waals surface area contributed by atoms with Gasteiger partial charge in [0.25, 0.3) is 0 Å². The summed E-state index contributed by atoms with van der Waals surface area (Å²) in [6.07, 6.45) is 5.78. The van der Waals surface area contributed by atoms with Crippen LogP contribution in [0, 0.1) is 0 Å². The van der Waals surface area contributed by atoms with E-state index in [1.165, 1.54) is 27.1 Å². The minimum Gasteiger partial charge on any atom is -0.439 e. The zero-order valence-corrected chi connectivity index (χ0v) is 27.0. The van der Waals surface area contributed by atoms with Crippen molar-refractivity contribution < 1.29 is 4.74 Å². The summed E-state index contributed by atoms with van der Waals surface area (Å²) in [6.45, 7) is 6.69. The molecule has 0 saturated heterocycles. The fourth-order valence-corrected chi connectivity index (χ4v) is 6.87. The minimum atomic E-state index is -0.0951. The Kier molecular flexibility index (Phi) is 6.27. The number of benzene rings is 5. The van der Waals surface area contributed by atoms with E-state index in [0.29, 0.717) is 5.88 Å². The summed E-state index contributed by atoms with van der Waals surface area (Å²) in [7, 11) is 0. The first-order valence-corrected chi connectivity index (χ1v) is 16.2. The van der Waals surface area contributed by atoms with Crippen LogP contribution in [0.5, 0.6) is 11.6 Å². The van der Waals surface area contributed by atoms with Gasteiger partial charge in [0.15, 0.2) is 5.82 Å². The summed E-state index contributed by atoms with van der Waals surface area (Å²) in [5, 5.41) is 4.82. The van der Waals surface area contributed by atoms with Gasteiger partial charge in [0.05, 0.1) is 34.0 Å². The Morgan fingerprint density at radius 3 is 1.81 bits per heavy atom. The second kappa shape index (κ2) is 10.7. The number of aromatic nitrogens is 5. The molecule has 0 aliphatic carbocycles. The lowest BCUT2D eigenvalue weighted by Gasteiger charge is -2.22. The molecule has 4 heterocycles. The number of ether oxygens (including phenoxy) is 1. The van der Waals surface area contributed by atoms with Gasteiger partial charge in [-0.2, -0.15) is 0 Å². The van der Waals surface area contributed by atoms with Gasteiger partial charge in [-0.3, -0.25) is 4.57 Å². The third-order valence-corrected chi connectivity index (χ3v) is 9.21. The summed E-state index contributed by atoms with van der Waals surface area (Å²) in [4.78, 5) is 9.34. The van der Waals surface area contributed by atoms with Crippen molar-refractivity contribution in [2.45, 2.75) is 26.2 Å². The highest BCUT2D eigenvalue weighted by atomic mass is 16.5. The predicted octanol–water partition coefficient (Wildman–Crippen LogP) is 10.6. The standard InChI is InChI=1S/C42H33N5O/c1-42(2,3)28-22-30(24-31(23-28)48-41-18-10-11-21-43-41)46-36-15-7-4-14-34(36)35-20-19-29(25-39(35)46)45-26-40(44-27-45)47-37-16-8-5-12-32(37)33-13-6-9-17-38(33)47/h4-27H,1-3H3. The van der Waals surface area contributed by atoms with Crippen LogP contribution in [0.25, 0.3) is 60.8 Å². The molecule has 6 nitrogen and oxygen atoms in total. The van der Waals surface area contributed by atoms with Crippen molar-refractivity contribution in [3.63, 3.8) is 0 Å². The summed E-state index contributed by atoms with van der Waals surface area (Å²) in [5.41, 5.74) is 7.67. The molecule has 0 aliphatic rings. The maximum Gasteiger partial charge on any atom is 0.219 e. The highest BCUT2D eigenvalue weighted by molar-refractivity contribution is 6.10. The Hall–Kier alpha value is -6.14. The molecule has 9 aromatic rings. The number of hydrogen-bond donors (Lipinski definition) is 0. The molecule has 0 bridgehead atoms. The van der Waals surface area contributed by atoms with Gasteiger partial charge < -0.3 is 13.9 Å². The molecule has 6 heteroatoms. The van der Waals surface area contributed by atoms with Crippen LogP contribution in [0.2, 0.25) is 0 Å². The second-order valence-electron chi connectivity index (χ2n) is 13.3. The van der Waals surface area contributed by atoms with Gasteiger partial charge in [-0.15, -0.1) is 0 Å². The molecule has 232 valence electrons. The van der Waals surface area contributed by atoms with Crippen LogP contribution in [0.15, 0.2) is 146 Å². The molecular weight excluding hydrogens is 590 g/mol. The van der Waals surface area contributed by atoms with E-state index in [2.05, 4.69) is 155 Å².